The highest BCUT2D eigenvalue weighted by Crippen LogP contribution is 2.73. The van der Waals surface area contributed by atoms with E-state index in [2.05, 4.69) is 33.8 Å². The Labute approximate surface area is 210 Å². The number of carbonyl (C=O) groups is 2. The molecule has 3 N–H and O–H groups in total. The lowest BCUT2D eigenvalue weighted by atomic mass is 9.35. The molecule has 0 amide bonds. The highest BCUT2D eigenvalue weighted by atomic mass is 16.4. The van der Waals surface area contributed by atoms with Gasteiger partial charge in [-0.3, -0.25) is 9.59 Å². The molecule has 0 radical (unpaired) electrons. The van der Waals surface area contributed by atoms with Crippen LogP contribution in [0.3, 0.4) is 0 Å². The Kier molecular flexibility index (Phi) is 5.74. The number of carbonyl (C=O) groups excluding carboxylic acids is 1. The van der Waals surface area contributed by atoms with Gasteiger partial charge in [0.2, 0.25) is 0 Å². The lowest BCUT2D eigenvalue weighted by Gasteiger charge is -2.69. The van der Waals surface area contributed by atoms with Gasteiger partial charge < -0.3 is 15.3 Å². The summed E-state index contributed by atoms with van der Waals surface area (Å²) in [5, 5.41) is 31.8. The number of Topliss-reactive ketones (excluding diaryl/α,β-unsaturated/α-hetero) is 1. The molecule has 0 aliphatic heterocycles. The van der Waals surface area contributed by atoms with E-state index in [9.17, 15) is 24.9 Å². The molecule has 0 saturated heterocycles. The van der Waals surface area contributed by atoms with Gasteiger partial charge in [-0.15, -0.1) is 0 Å². The summed E-state index contributed by atoms with van der Waals surface area (Å²) in [6.45, 7) is 13.1. The number of carboxylic acid groups (broad SMARTS) is 1. The van der Waals surface area contributed by atoms with Crippen molar-refractivity contribution < 1.29 is 24.9 Å². The minimum atomic E-state index is -1.10. The highest BCUT2D eigenvalue weighted by molar-refractivity contribution is 5.87. The van der Waals surface area contributed by atoms with Gasteiger partial charge in [-0.1, -0.05) is 53.2 Å². The molecule has 0 spiro atoms. The highest BCUT2D eigenvalue weighted by Gasteiger charge is 2.69. The van der Waals surface area contributed by atoms with Crippen molar-refractivity contribution in [1.82, 2.24) is 0 Å². The van der Waals surface area contributed by atoms with E-state index in [-0.39, 0.29) is 46.9 Å². The summed E-state index contributed by atoms with van der Waals surface area (Å²) in [5.74, 6) is 0.508. The number of aliphatic hydroxyl groups is 2. The number of allylic oxidation sites excluding steroid dienone is 2. The van der Waals surface area contributed by atoms with Crippen LogP contribution >= 0.6 is 0 Å². The number of hydrogen-bond donors (Lipinski definition) is 3. The Bertz CT molecular complexity index is 956. The second-order valence-electron chi connectivity index (χ2n) is 14.0. The Morgan fingerprint density at radius 3 is 2.34 bits per heavy atom. The molecule has 0 heterocycles. The van der Waals surface area contributed by atoms with Crippen LogP contribution in [0.15, 0.2) is 11.6 Å². The Balaban J connectivity index is 1.61. The van der Waals surface area contributed by atoms with Crippen LogP contribution in [0.1, 0.15) is 86.5 Å². The molecule has 0 aromatic rings. The minimum Gasteiger partial charge on any atom is -0.481 e. The minimum absolute atomic E-state index is 0.0312. The van der Waals surface area contributed by atoms with E-state index in [1.165, 1.54) is 5.57 Å². The van der Waals surface area contributed by atoms with Crippen molar-refractivity contribution in [3.8, 4) is 0 Å². The maximum absolute atomic E-state index is 13.2. The van der Waals surface area contributed by atoms with Crippen molar-refractivity contribution in [3.05, 3.63) is 11.6 Å². The number of ketones is 1. The number of fused-ring (bicyclic) bond motifs is 7. The summed E-state index contributed by atoms with van der Waals surface area (Å²) in [5.41, 5.74) is -0.174. The zero-order valence-electron chi connectivity index (χ0n) is 22.5. The number of carboxylic acids is 1. The summed E-state index contributed by atoms with van der Waals surface area (Å²) in [4.78, 5) is 26.0. The fourth-order valence-electron chi connectivity index (χ4n) is 10.4. The summed E-state index contributed by atoms with van der Waals surface area (Å²) in [7, 11) is 0. The molecule has 0 aromatic heterocycles. The third-order valence-corrected chi connectivity index (χ3v) is 13.2. The van der Waals surface area contributed by atoms with Crippen LogP contribution in [-0.2, 0) is 9.59 Å². The molecule has 5 aliphatic carbocycles. The van der Waals surface area contributed by atoms with E-state index in [0.29, 0.717) is 17.8 Å². The van der Waals surface area contributed by atoms with Crippen LogP contribution in [0.5, 0.6) is 0 Å². The van der Waals surface area contributed by atoms with Gasteiger partial charge in [-0.2, -0.15) is 0 Å². The van der Waals surface area contributed by atoms with Gasteiger partial charge in [0.25, 0.3) is 0 Å². The van der Waals surface area contributed by atoms with Gasteiger partial charge >= 0.3 is 5.97 Å². The van der Waals surface area contributed by atoms with Crippen LogP contribution in [0.25, 0.3) is 0 Å². The molecule has 3 unspecified atom stereocenters. The van der Waals surface area contributed by atoms with Crippen molar-refractivity contribution in [3.63, 3.8) is 0 Å². The van der Waals surface area contributed by atoms with Crippen molar-refractivity contribution in [2.45, 2.75) is 92.6 Å². The van der Waals surface area contributed by atoms with Gasteiger partial charge in [-0.05, 0) is 91.3 Å². The Hall–Kier alpha value is -1.20. The zero-order valence-corrected chi connectivity index (χ0v) is 22.5. The first kappa shape index (κ1) is 25.4. The van der Waals surface area contributed by atoms with E-state index in [1.54, 1.807) is 0 Å². The Morgan fingerprint density at radius 2 is 1.71 bits per heavy atom. The van der Waals surface area contributed by atoms with E-state index in [1.807, 2.05) is 13.8 Å². The van der Waals surface area contributed by atoms with Crippen molar-refractivity contribution >= 4 is 11.8 Å². The van der Waals surface area contributed by atoms with Gasteiger partial charge in [0.15, 0.2) is 5.78 Å². The van der Waals surface area contributed by atoms with Gasteiger partial charge in [0.1, 0.15) is 6.10 Å². The maximum Gasteiger partial charge on any atom is 0.310 e. The maximum atomic E-state index is 13.2. The number of aliphatic carboxylic acids is 1. The fourth-order valence-corrected chi connectivity index (χ4v) is 10.4. The van der Waals surface area contributed by atoms with Crippen LogP contribution in [0, 0.1) is 63.1 Å². The Morgan fingerprint density at radius 1 is 1.03 bits per heavy atom. The van der Waals surface area contributed by atoms with Crippen molar-refractivity contribution in [2.24, 2.45) is 63.1 Å². The van der Waals surface area contributed by atoms with E-state index < -0.39 is 22.9 Å². The molecule has 4 fully saturated rings. The van der Waals surface area contributed by atoms with Crippen LogP contribution < -0.4 is 0 Å². The molecule has 0 bridgehead atoms. The molecule has 35 heavy (non-hydrogen) atoms. The molecule has 5 aliphatic rings. The normalized spacial score (nSPS) is 55.7. The monoisotopic (exact) mass is 486 g/mol. The standard InChI is InChI=1S/C30H46O5/c1-16-9-12-30(26(34)35)14-13-29(6)21(23(30)17(16)2)8-7-20-22-18(3)24(32)25(33)27(4,15-31)19(22)10-11-28(20,29)5/h8,16-20,22-23,25,31,33H,7,9-15H2,1-6H3,(H,34,35)/t16-,17+,18?,19-,20-,22?,23?,25+,27+,28-,29-,30+/m1/s1. The second-order valence-corrected chi connectivity index (χ2v) is 14.0. The molecule has 5 heteroatoms. The van der Waals surface area contributed by atoms with E-state index in [4.69, 9.17) is 0 Å². The quantitative estimate of drug-likeness (QED) is 0.472. The number of aliphatic hydroxyl groups excluding tert-OH is 2. The van der Waals surface area contributed by atoms with E-state index >= 15 is 0 Å². The first-order valence-electron chi connectivity index (χ1n) is 14.1. The molecular weight excluding hydrogens is 440 g/mol. The van der Waals surface area contributed by atoms with Crippen LogP contribution in [0.4, 0.5) is 0 Å². The molecule has 0 aromatic carbocycles. The van der Waals surface area contributed by atoms with Gasteiger partial charge in [-0.25, -0.2) is 0 Å². The third kappa shape index (κ3) is 2.94. The first-order valence-corrected chi connectivity index (χ1v) is 14.1. The second kappa shape index (κ2) is 7.90. The van der Waals surface area contributed by atoms with Gasteiger partial charge in [0, 0.05) is 11.3 Å². The predicted octanol–water partition coefficient (Wildman–Crippen LogP) is 5.10. The topological polar surface area (TPSA) is 94.8 Å². The fraction of sp³-hybridized carbons (Fsp3) is 0.867. The van der Waals surface area contributed by atoms with Crippen molar-refractivity contribution in [2.75, 3.05) is 6.61 Å². The summed E-state index contributed by atoms with van der Waals surface area (Å²) >= 11 is 0. The molecular formula is C30H46O5. The predicted molar refractivity (Wildman–Crippen MR) is 134 cm³/mol. The zero-order chi connectivity index (χ0) is 25.7. The molecule has 196 valence electrons. The number of hydrogen-bond acceptors (Lipinski definition) is 4. The molecule has 5 nitrogen and oxygen atoms in total. The van der Waals surface area contributed by atoms with Crippen molar-refractivity contribution in [1.29, 1.82) is 0 Å². The van der Waals surface area contributed by atoms with Gasteiger partial charge in [0.05, 0.1) is 12.0 Å². The third-order valence-electron chi connectivity index (χ3n) is 13.2. The molecule has 5 rings (SSSR count). The van der Waals surface area contributed by atoms with Crippen LogP contribution in [0.2, 0.25) is 0 Å². The molecule has 4 saturated carbocycles. The summed E-state index contributed by atoms with van der Waals surface area (Å²) in [6, 6.07) is 0. The average Bonchev–Trinajstić information content (AvgIpc) is 2.83. The van der Waals surface area contributed by atoms with Crippen LogP contribution in [-0.4, -0.2) is 39.8 Å². The SMILES string of the molecule is CC1C(=O)[C@H](O)[C@@](C)(CO)[C@@H]2CC[C@]3(C)[C@H](CC=C4C5[C@@H](C)[C@H](C)CC[C@]5(C(=O)O)CC[C@]43C)C12. The first-order chi connectivity index (χ1) is 16.3. The summed E-state index contributed by atoms with van der Waals surface area (Å²) < 4.78 is 0. The average molecular weight is 487 g/mol. The van der Waals surface area contributed by atoms with E-state index in [0.717, 1.165) is 44.9 Å². The lowest BCUT2D eigenvalue weighted by molar-refractivity contribution is -0.197. The number of rotatable bonds is 2. The summed E-state index contributed by atoms with van der Waals surface area (Å²) in [6.07, 6.45) is 7.43. The lowest BCUT2D eigenvalue weighted by Crippen LogP contribution is -2.66. The largest absolute Gasteiger partial charge is 0.481 e. The smallest absolute Gasteiger partial charge is 0.310 e. The molecule has 12 atom stereocenters.